The molecule has 2 amide bonds. The predicted molar refractivity (Wildman–Crippen MR) is 123 cm³/mol. The quantitative estimate of drug-likeness (QED) is 0.538. The topological polar surface area (TPSA) is 67.9 Å². The highest BCUT2D eigenvalue weighted by Gasteiger charge is 2.42. The molecule has 0 radical (unpaired) electrons. The van der Waals surface area contributed by atoms with Gasteiger partial charge in [0.05, 0.1) is 30.7 Å². The highest BCUT2D eigenvalue weighted by molar-refractivity contribution is 7.11. The maximum atomic E-state index is 13.6. The van der Waals surface area contributed by atoms with Crippen LogP contribution in [0.5, 0.6) is 11.5 Å². The molecule has 1 aromatic heterocycles. The number of imide groups is 1. The highest BCUT2D eigenvalue weighted by Crippen LogP contribution is 2.40. The van der Waals surface area contributed by atoms with Crippen molar-refractivity contribution in [3.8, 4) is 11.5 Å². The van der Waals surface area contributed by atoms with Crippen molar-refractivity contribution in [3.05, 3.63) is 76.1 Å². The number of hydrogen-bond acceptors (Lipinski definition) is 6. The van der Waals surface area contributed by atoms with Gasteiger partial charge in [0.2, 0.25) is 0 Å². The molecule has 31 heavy (non-hydrogen) atoms. The normalized spacial score (nSPS) is 13.7. The van der Waals surface area contributed by atoms with Crippen molar-refractivity contribution in [1.82, 2.24) is 0 Å². The van der Waals surface area contributed by atoms with Gasteiger partial charge in [0.1, 0.15) is 17.2 Å². The van der Waals surface area contributed by atoms with Crippen LogP contribution in [0, 0.1) is 6.92 Å². The van der Waals surface area contributed by atoms with Gasteiger partial charge in [-0.3, -0.25) is 9.59 Å². The van der Waals surface area contributed by atoms with Crippen LogP contribution in [0.2, 0.25) is 0 Å². The number of ether oxygens (including phenoxy) is 2. The van der Waals surface area contributed by atoms with E-state index in [1.807, 2.05) is 55.6 Å². The van der Waals surface area contributed by atoms with Crippen molar-refractivity contribution in [2.45, 2.75) is 13.8 Å². The second-order valence-corrected chi connectivity index (χ2v) is 7.85. The van der Waals surface area contributed by atoms with Crippen molar-refractivity contribution >= 4 is 40.1 Å². The van der Waals surface area contributed by atoms with Gasteiger partial charge in [-0.25, -0.2) is 4.90 Å². The van der Waals surface area contributed by atoms with Crippen molar-refractivity contribution < 1.29 is 19.1 Å². The van der Waals surface area contributed by atoms with Gasteiger partial charge in [-0.1, -0.05) is 24.3 Å². The molecule has 2 aromatic carbocycles. The minimum atomic E-state index is -0.441. The number of carbonyl (C=O) groups excluding carboxylic acids is 2. The Hall–Kier alpha value is -3.58. The molecule has 0 aliphatic carbocycles. The van der Waals surface area contributed by atoms with E-state index in [4.69, 9.17) is 9.47 Å². The monoisotopic (exact) mass is 434 g/mol. The molecule has 7 heteroatoms. The maximum Gasteiger partial charge on any atom is 0.282 e. The fourth-order valence-corrected chi connectivity index (χ4v) is 4.26. The van der Waals surface area contributed by atoms with E-state index in [0.717, 1.165) is 5.56 Å². The van der Waals surface area contributed by atoms with Gasteiger partial charge in [-0.15, -0.1) is 11.3 Å². The first-order valence-corrected chi connectivity index (χ1v) is 10.7. The fourth-order valence-electron chi connectivity index (χ4n) is 3.49. The molecule has 3 aromatic rings. The van der Waals surface area contributed by atoms with Gasteiger partial charge < -0.3 is 14.8 Å². The van der Waals surface area contributed by atoms with E-state index in [2.05, 4.69) is 5.32 Å². The SMILES string of the molecule is CCOc1ccccc1N1C(=O)C(Nc2cc(C)ccc2OC)=C(c2cccs2)C1=O. The van der Waals surface area contributed by atoms with E-state index in [0.29, 0.717) is 39.9 Å². The molecule has 1 N–H and O–H groups in total. The Labute approximate surface area is 184 Å². The molecule has 0 saturated heterocycles. The Morgan fingerprint density at radius 1 is 1.00 bits per heavy atom. The average Bonchev–Trinajstić information content (AvgIpc) is 3.36. The summed E-state index contributed by atoms with van der Waals surface area (Å²) < 4.78 is 11.1. The molecule has 158 valence electrons. The first-order chi connectivity index (χ1) is 15.0. The predicted octanol–water partition coefficient (Wildman–Crippen LogP) is 4.86. The van der Waals surface area contributed by atoms with Crippen molar-refractivity contribution in [3.63, 3.8) is 0 Å². The summed E-state index contributed by atoms with van der Waals surface area (Å²) in [6.07, 6.45) is 0. The second-order valence-electron chi connectivity index (χ2n) is 6.90. The Morgan fingerprint density at radius 3 is 2.52 bits per heavy atom. The van der Waals surface area contributed by atoms with E-state index >= 15 is 0 Å². The smallest absolute Gasteiger partial charge is 0.282 e. The largest absolute Gasteiger partial charge is 0.495 e. The van der Waals surface area contributed by atoms with E-state index in [1.165, 1.54) is 16.2 Å². The summed E-state index contributed by atoms with van der Waals surface area (Å²) >= 11 is 1.40. The summed E-state index contributed by atoms with van der Waals surface area (Å²) in [6, 6.07) is 16.4. The van der Waals surface area contributed by atoms with Gasteiger partial charge >= 0.3 is 0 Å². The van der Waals surface area contributed by atoms with Crippen LogP contribution in [-0.2, 0) is 9.59 Å². The summed E-state index contributed by atoms with van der Waals surface area (Å²) in [5, 5.41) is 5.06. The van der Waals surface area contributed by atoms with Crippen LogP contribution in [0.4, 0.5) is 11.4 Å². The van der Waals surface area contributed by atoms with Crippen LogP contribution in [0.1, 0.15) is 17.4 Å². The molecule has 4 rings (SSSR count). The van der Waals surface area contributed by atoms with Crippen molar-refractivity contribution in [1.29, 1.82) is 0 Å². The van der Waals surface area contributed by atoms with E-state index in [9.17, 15) is 9.59 Å². The molecular formula is C24H22N2O4S. The molecular weight excluding hydrogens is 412 g/mol. The van der Waals surface area contributed by atoms with Crippen molar-refractivity contribution in [2.75, 3.05) is 23.9 Å². The molecule has 0 fully saturated rings. The number of thiophene rings is 1. The van der Waals surface area contributed by atoms with Crippen molar-refractivity contribution in [2.24, 2.45) is 0 Å². The minimum absolute atomic E-state index is 0.211. The summed E-state index contributed by atoms with van der Waals surface area (Å²) in [4.78, 5) is 29.0. The molecule has 0 spiro atoms. The second kappa shape index (κ2) is 8.65. The highest BCUT2D eigenvalue weighted by atomic mass is 32.1. The molecule has 0 atom stereocenters. The number of aryl methyl sites for hydroxylation is 1. The summed E-state index contributed by atoms with van der Waals surface area (Å²) in [6.45, 7) is 4.23. The number of amides is 2. The Bertz CT molecular complexity index is 1170. The minimum Gasteiger partial charge on any atom is -0.495 e. The zero-order valence-electron chi connectivity index (χ0n) is 17.5. The van der Waals surface area contributed by atoms with Gasteiger partial charge in [-0.05, 0) is 55.1 Å². The van der Waals surface area contributed by atoms with Crippen LogP contribution in [0.3, 0.4) is 0 Å². The summed E-state index contributed by atoms with van der Waals surface area (Å²) in [5.74, 6) is 0.224. The van der Waals surface area contributed by atoms with Gasteiger partial charge in [-0.2, -0.15) is 0 Å². The molecule has 1 aliphatic heterocycles. The lowest BCUT2D eigenvalue weighted by atomic mass is 10.1. The first-order valence-electron chi connectivity index (χ1n) is 9.85. The molecule has 6 nitrogen and oxygen atoms in total. The van der Waals surface area contributed by atoms with E-state index in [-0.39, 0.29) is 5.70 Å². The zero-order valence-corrected chi connectivity index (χ0v) is 18.3. The Balaban J connectivity index is 1.83. The molecule has 0 bridgehead atoms. The van der Waals surface area contributed by atoms with Crippen LogP contribution in [-0.4, -0.2) is 25.5 Å². The summed E-state index contributed by atoms with van der Waals surface area (Å²) in [5.41, 5.74) is 2.57. The number of para-hydroxylation sites is 2. The van der Waals surface area contributed by atoms with Crippen LogP contribution in [0.15, 0.2) is 65.7 Å². The number of carbonyl (C=O) groups is 2. The third-order valence-electron chi connectivity index (χ3n) is 4.87. The van der Waals surface area contributed by atoms with E-state index < -0.39 is 11.8 Å². The first kappa shape index (κ1) is 20.7. The lowest BCUT2D eigenvalue weighted by Crippen LogP contribution is -2.32. The average molecular weight is 435 g/mol. The van der Waals surface area contributed by atoms with Gasteiger partial charge in [0.15, 0.2) is 0 Å². The third kappa shape index (κ3) is 3.80. The molecule has 0 unspecified atom stereocenters. The number of nitrogens with one attached hydrogen (secondary N) is 1. The number of methoxy groups -OCH3 is 1. The Morgan fingerprint density at radius 2 is 1.81 bits per heavy atom. The third-order valence-corrected chi connectivity index (χ3v) is 5.76. The van der Waals surface area contributed by atoms with Crippen LogP contribution in [0.25, 0.3) is 5.57 Å². The summed E-state index contributed by atoms with van der Waals surface area (Å²) in [7, 11) is 1.57. The number of hydrogen-bond donors (Lipinski definition) is 1. The van der Waals surface area contributed by atoms with E-state index in [1.54, 1.807) is 25.3 Å². The fraction of sp³-hybridized carbons (Fsp3) is 0.167. The number of nitrogens with zero attached hydrogens (tertiary/aromatic N) is 1. The molecule has 1 aliphatic rings. The standard InChI is InChI=1S/C24H22N2O4S/c1-4-30-19-9-6-5-8-17(19)26-23(27)21(20-10-7-13-31-20)22(24(26)28)25-16-14-15(2)11-12-18(16)29-3/h5-14,25H,4H2,1-3H3. The molecule has 0 saturated carbocycles. The van der Waals surface area contributed by atoms with Gasteiger partial charge in [0.25, 0.3) is 11.8 Å². The lowest BCUT2D eigenvalue weighted by Gasteiger charge is -2.19. The lowest BCUT2D eigenvalue weighted by molar-refractivity contribution is -0.120. The van der Waals surface area contributed by atoms with Crippen LogP contribution < -0.4 is 19.7 Å². The molecule has 2 heterocycles. The number of anilines is 2. The number of benzene rings is 2. The van der Waals surface area contributed by atoms with Gasteiger partial charge in [0, 0.05) is 4.88 Å². The number of rotatable bonds is 7. The maximum absolute atomic E-state index is 13.6. The Kier molecular flexibility index (Phi) is 5.77. The van der Waals surface area contributed by atoms with Crippen LogP contribution >= 0.6 is 11.3 Å². The zero-order chi connectivity index (χ0) is 22.0.